The highest BCUT2D eigenvalue weighted by molar-refractivity contribution is 5.37. The fourth-order valence-electron chi connectivity index (χ4n) is 1.81. The van der Waals surface area contributed by atoms with Crippen LogP contribution < -0.4 is 14.8 Å². The number of aromatic nitrogens is 2. The molecule has 0 atom stereocenters. The fourth-order valence-corrected chi connectivity index (χ4v) is 1.81. The van der Waals surface area contributed by atoms with Gasteiger partial charge in [-0.05, 0) is 18.6 Å². The maximum absolute atomic E-state index is 13.9. The zero-order chi connectivity index (χ0) is 15.1. The Morgan fingerprint density at radius 3 is 2.81 bits per heavy atom. The molecule has 0 aliphatic carbocycles. The predicted molar refractivity (Wildman–Crippen MR) is 78.3 cm³/mol. The molecular weight excluding hydrogens is 273 g/mol. The quantitative estimate of drug-likeness (QED) is 0.795. The summed E-state index contributed by atoms with van der Waals surface area (Å²) in [6, 6.07) is 7.32. The van der Waals surface area contributed by atoms with Crippen LogP contribution in [0, 0.1) is 5.82 Å². The van der Waals surface area contributed by atoms with Gasteiger partial charge in [-0.1, -0.05) is 13.0 Å². The third-order valence-electron chi connectivity index (χ3n) is 2.90. The Kier molecular flexibility index (Phi) is 5.31. The second kappa shape index (κ2) is 7.42. The number of ether oxygens (including phenoxy) is 2. The summed E-state index contributed by atoms with van der Waals surface area (Å²) in [5, 5.41) is 2.90. The van der Waals surface area contributed by atoms with Crippen molar-refractivity contribution in [3.8, 4) is 11.5 Å². The lowest BCUT2D eigenvalue weighted by molar-refractivity contribution is 0.329. The van der Waals surface area contributed by atoms with E-state index in [-0.39, 0.29) is 5.82 Å². The van der Waals surface area contributed by atoms with Crippen LogP contribution in [-0.2, 0) is 6.42 Å². The number of nitrogens with zero attached hydrogens (tertiary/aromatic N) is 2. The van der Waals surface area contributed by atoms with Gasteiger partial charge in [0.05, 0.1) is 19.3 Å². The normalized spacial score (nSPS) is 10.2. The first-order valence-electron chi connectivity index (χ1n) is 6.74. The van der Waals surface area contributed by atoms with Gasteiger partial charge in [0.2, 0.25) is 0 Å². The molecule has 0 bridgehead atoms. The number of methoxy groups -OCH3 is 1. The molecular formula is C15H18FN3O2. The molecule has 0 fully saturated rings. The van der Waals surface area contributed by atoms with Crippen LogP contribution in [0.25, 0.3) is 0 Å². The number of hydrogen-bond donors (Lipinski definition) is 1. The Balaban J connectivity index is 1.84. The molecule has 1 N–H and O–H groups in total. The lowest BCUT2D eigenvalue weighted by atomic mass is 10.3. The van der Waals surface area contributed by atoms with Crippen LogP contribution in [-0.4, -0.2) is 30.2 Å². The van der Waals surface area contributed by atoms with Gasteiger partial charge in [0.15, 0.2) is 11.6 Å². The van der Waals surface area contributed by atoms with E-state index in [9.17, 15) is 4.39 Å². The Labute approximate surface area is 123 Å². The topological polar surface area (TPSA) is 56.3 Å². The number of aryl methyl sites for hydroxylation is 1. The molecule has 2 rings (SSSR count). The van der Waals surface area contributed by atoms with E-state index in [1.54, 1.807) is 13.2 Å². The van der Waals surface area contributed by atoms with Crippen LogP contribution in [0.3, 0.4) is 0 Å². The van der Waals surface area contributed by atoms with Crippen molar-refractivity contribution in [1.82, 2.24) is 9.97 Å². The molecule has 6 heteroatoms. The summed E-state index contributed by atoms with van der Waals surface area (Å²) in [7, 11) is 1.60. The zero-order valence-corrected chi connectivity index (χ0v) is 12.1. The van der Waals surface area contributed by atoms with Crippen LogP contribution in [0.2, 0.25) is 0 Å². The molecule has 5 nitrogen and oxygen atoms in total. The molecule has 1 heterocycles. The van der Waals surface area contributed by atoms with Crippen LogP contribution >= 0.6 is 0 Å². The third-order valence-corrected chi connectivity index (χ3v) is 2.90. The Morgan fingerprint density at radius 2 is 2.05 bits per heavy atom. The van der Waals surface area contributed by atoms with Crippen LogP contribution in [0.1, 0.15) is 12.6 Å². The van der Waals surface area contributed by atoms with Gasteiger partial charge in [0.1, 0.15) is 24.4 Å². The number of anilines is 1. The van der Waals surface area contributed by atoms with Gasteiger partial charge in [0, 0.05) is 6.07 Å². The molecule has 2 aromatic rings. The predicted octanol–water partition coefficient (Wildman–Crippen LogP) is 2.68. The highest BCUT2D eigenvalue weighted by Gasteiger charge is 2.08. The summed E-state index contributed by atoms with van der Waals surface area (Å²) < 4.78 is 24.5. The first kappa shape index (κ1) is 15.0. The maximum Gasteiger partial charge on any atom is 0.186 e. The number of rotatable bonds is 7. The average molecular weight is 291 g/mol. The molecule has 21 heavy (non-hydrogen) atoms. The monoisotopic (exact) mass is 291 g/mol. The lowest BCUT2D eigenvalue weighted by Crippen LogP contribution is -2.14. The van der Waals surface area contributed by atoms with Gasteiger partial charge in [-0.3, -0.25) is 0 Å². The van der Waals surface area contributed by atoms with E-state index in [1.165, 1.54) is 6.33 Å². The SMILES string of the molecule is CCc1ncnc(NCCOc2cccc(OC)c2)c1F. The fraction of sp³-hybridized carbons (Fsp3) is 0.333. The summed E-state index contributed by atoms with van der Waals surface area (Å²) in [6.45, 7) is 2.67. The number of hydrogen-bond acceptors (Lipinski definition) is 5. The van der Waals surface area contributed by atoms with E-state index < -0.39 is 5.82 Å². The van der Waals surface area contributed by atoms with Crippen molar-refractivity contribution < 1.29 is 13.9 Å². The minimum Gasteiger partial charge on any atom is -0.497 e. The van der Waals surface area contributed by atoms with Crippen molar-refractivity contribution in [1.29, 1.82) is 0 Å². The summed E-state index contributed by atoms with van der Waals surface area (Å²) in [5.74, 6) is 1.24. The largest absolute Gasteiger partial charge is 0.497 e. The van der Waals surface area contributed by atoms with E-state index in [0.29, 0.717) is 31.0 Å². The van der Waals surface area contributed by atoms with Gasteiger partial charge in [0.25, 0.3) is 0 Å². The summed E-state index contributed by atoms with van der Waals surface area (Å²) >= 11 is 0. The van der Waals surface area contributed by atoms with Gasteiger partial charge in [-0.2, -0.15) is 0 Å². The molecule has 0 amide bonds. The van der Waals surface area contributed by atoms with E-state index in [1.807, 2.05) is 25.1 Å². The molecule has 0 saturated carbocycles. The van der Waals surface area contributed by atoms with E-state index in [0.717, 1.165) is 5.75 Å². The zero-order valence-electron chi connectivity index (χ0n) is 12.1. The Hall–Kier alpha value is -2.37. The van der Waals surface area contributed by atoms with Crippen LogP contribution in [0.15, 0.2) is 30.6 Å². The summed E-state index contributed by atoms with van der Waals surface area (Å²) in [6.07, 6.45) is 1.89. The molecule has 1 aromatic carbocycles. The molecule has 0 aliphatic heterocycles. The highest BCUT2D eigenvalue weighted by Crippen LogP contribution is 2.18. The van der Waals surface area contributed by atoms with Crippen molar-refractivity contribution >= 4 is 5.82 Å². The molecule has 0 saturated heterocycles. The molecule has 0 spiro atoms. The molecule has 112 valence electrons. The molecule has 0 aliphatic rings. The smallest absolute Gasteiger partial charge is 0.186 e. The van der Waals surface area contributed by atoms with Gasteiger partial charge < -0.3 is 14.8 Å². The lowest BCUT2D eigenvalue weighted by Gasteiger charge is -2.10. The second-order valence-corrected chi connectivity index (χ2v) is 4.29. The van der Waals surface area contributed by atoms with Gasteiger partial charge >= 0.3 is 0 Å². The maximum atomic E-state index is 13.9. The average Bonchev–Trinajstić information content (AvgIpc) is 2.53. The molecule has 0 radical (unpaired) electrons. The highest BCUT2D eigenvalue weighted by atomic mass is 19.1. The number of nitrogens with one attached hydrogen (secondary N) is 1. The minimum absolute atomic E-state index is 0.205. The molecule has 0 unspecified atom stereocenters. The van der Waals surface area contributed by atoms with E-state index in [2.05, 4.69) is 15.3 Å². The summed E-state index contributed by atoms with van der Waals surface area (Å²) in [5.41, 5.74) is 0.404. The Morgan fingerprint density at radius 1 is 1.24 bits per heavy atom. The van der Waals surface area contributed by atoms with Gasteiger partial charge in [-0.25, -0.2) is 14.4 Å². The first-order chi connectivity index (χ1) is 10.2. The molecule has 1 aromatic heterocycles. The van der Waals surface area contributed by atoms with Crippen LogP contribution in [0.5, 0.6) is 11.5 Å². The van der Waals surface area contributed by atoms with Crippen molar-refractivity contribution in [2.24, 2.45) is 0 Å². The van der Waals surface area contributed by atoms with Gasteiger partial charge in [-0.15, -0.1) is 0 Å². The van der Waals surface area contributed by atoms with Crippen molar-refractivity contribution in [2.45, 2.75) is 13.3 Å². The number of halogens is 1. The number of benzene rings is 1. The first-order valence-corrected chi connectivity index (χ1v) is 6.74. The van der Waals surface area contributed by atoms with Crippen molar-refractivity contribution in [2.75, 3.05) is 25.6 Å². The standard InChI is InChI=1S/C15H18FN3O2/c1-3-13-14(16)15(19-10-18-13)17-7-8-21-12-6-4-5-11(9-12)20-2/h4-6,9-10H,3,7-8H2,1-2H3,(H,17,18,19). The van der Waals surface area contributed by atoms with E-state index in [4.69, 9.17) is 9.47 Å². The minimum atomic E-state index is -0.401. The Bertz CT molecular complexity index is 593. The summed E-state index contributed by atoms with van der Waals surface area (Å²) in [4.78, 5) is 7.77. The van der Waals surface area contributed by atoms with Crippen molar-refractivity contribution in [3.05, 3.63) is 42.1 Å². The van der Waals surface area contributed by atoms with Crippen molar-refractivity contribution in [3.63, 3.8) is 0 Å². The van der Waals surface area contributed by atoms with Crippen LogP contribution in [0.4, 0.5) is 10.2 Å². The second-order valence-electron chi connectivity index (χ2n) is 4.29. The van der Waals surface area contributed by atoms with E-state index >= 15 is 0 Å². The third kappa shape index (κ3) is 4.05.